The van der Waals surface area contributed by atoms with Crippen molar-refractivity contribution in [3.8, 4) is 33.4 Å². The molecule has 0 amide bonds. The predicted octanol–water partition coefficient (Wildman–Crippen LogP) is 14.1. The molecule has 2 nitrogen and oxygen atoms in total. The number of hydrogen-bond donors (Lipinski definition) is 1. The summed E-state index contributed by atoms with van der Waals surface area (Å²) < 4.78 is 0. The number of nitrogens with zero attached hydrogens (tertiary/aromatic N) is 1. The molecule has 0 heterocycles. The molecular weight excluding hydrogens is 725 g/mol. The van der Waals surface area contributed by atoms with E-state index < -0.39 is 5.41 Å². The van der Waals surface area contributed by atoms with Gasteiger partial charge in [0.2, 0.25) is 0 Å². The van der Waals surface area contributed by atoms with Crippen molar-refractivity contribution in [1.29, 1.82) is 0 Å². The molecule has 10 aromatic rings. The van der Waals surface area contributed by atoms with Gasteiger partial charge in [0.25, 0.3) is 0 Å². The molecule has 0 radical (unpaired) electrons. The van der Waals surface area contributed by atoms with Crippen LogP contribution in [0.5, 0.6) is 0 Å². The molecule has 2 aliphatic carbocycles. The lowest BCUT2D eigenvalue weighted by Crippen LogP contribution is -2.26. The van der Waals surface area contributed by atoms with Crippen molar-refractivity contribution < 1.29 is 0 Å². The summed E-state index contributed by atoms with van der Waals surface area (Å²) in [5, 5.41) is 11.6. The number of benzene rings is 10. The lowest BCUT2D eigenvalue weighted by molar-refractivity contribution is 0.556. The highest BCUT2D eigenvalue weighted by Gasteiger charge is 2.51. The van der Waals surface area contributed by atoms with E-state index in [2.05, 4.69) is 199 Å². The predicted molar refractivity (Wildman–Crippen MR) is 251 cm³/mol. The molecule has 2 heteroatoms. The van der Waals surface area contributed by atoms with Gasteiger partial charge in [-0.05, 0) is 129 Å². The topological polar surface area (TPSA) is 24.4 Å². The van der Waals surface area contributed by atoms with Crippen molar-refractivity contribution in [3.63, 3.8) is 0 Å². The highest BCUT2D eigenvalue weighted by atomic mass is 15.1. The molecule has 0 aliphatic heterocycles. The van der Waals surface area contributed by atoms with Crippen LogP contribution in [0, 0.1) is 0 Å². The molecule has 0 aromatic heterocycles. The smallest absolute Gasteiger partial charge is 0.125 e. The third-order valence-corrected chi connectivity index (χ3v) is 13.0. The number of aliphatic imine (C=N–C) groups is 1. The zero-order chi connectivity index (χ0) is 39.6. The summed E-state index contributed by atoms with van der Waals surface area (Å²) in [4.78, 5) is 5.01. The summed E-state index contributed by atoms with van der Waals surface area (Å²) in [6.45, 7) is 0.677. The van der Waals surface area contributed by atoms with Crippen LogP contribution in [0.3, 0.4) is 0 Å². The SMILES string of the molecule is C(=NC(NCc1cccc(-c2ccc3c(c2)C2(c4ccccc4-3)c3ccccc3-c3cc4c5ccccc5c5ccccc5c4cc32)c1)c1ccccc1)c1ccccc1. The molecule has 12 rings (SSSR count). The fourth-order valence-corrected chi connectivity index (χ4v) is 10.4. The molecule has 0 saturated heterocycles. The standard InChI is InChI=1S/C58H40N2/c1-3-16-38(17-4-1)36-59-57(40-19-5-2-6-20-40)60-37-39-18-15-21-41(32-39)42-30-31-49-47-26-11-13-28-53(47)58(55(49)33-42)54-29-14-12-27-48(54)52-34-50-45-24-9-7-22-43(45)44-23-8-10-25-46(44)51(50)35-56(52)58/h1-36,57,60H,37H2. The molecule has 282 valence electrons. The van der Waals surface area contributed by atoms with E-state index in [-0.39, 0.29) is 6.17 Å². The van der Waals surface area contributed by atoms with E-state index in [1.54, 1.807) is 0 Å². The van der Waals surface area contributed by atoms with E-state index in [0.29, 0.717) is 6.54 Å². The molecule has 2 unspecified atom stereocenters. The third kappa shape index (κ3) is 5.28. The maximum atomic E-state index is 5.01. The van der Waals surface area contributed by atoms with E-state index in [0.717, 1.165) is 11.1 Å². The zero-order valence-corrected chi connectivity index (χ0v) is 33.0. The number of hydrogen-bond acceptors (Lipinski definition) is 2. The van der Waals surface area contributed by atoms with Gasteiger partial charge < -0.3 is 0 Å². The van der Waals surface area contributed by atoms with Gasteiger partial charge in [-0.1, -0.05) is 188 Å². The van der Waals surface area contributed by atoms with Crippen LogP contribution >= 0.6 is 0 Å². The Labute approximate surface area is 350 Å². The van der Waals surface area contributed by atoms with Crippen LogP contribution in [0.25, 0.3) is 65.7 Å². The molecule has 0 bridgehead atoms. The van der Waals surface area contributed by atoms with Gasteiger partial charge in [-0.3, -0.25) is 10.3 Å². The quantitative estimate of drug-likeness (QED) is 0.127. The van der Waals surface area contributed by atoms with Gasteiger partial charge in [-0.2, -0.15) is 0 Å². The van der Waals surface area contributed by atoms with Crippen LogP contribution < -0.4 is 5.32 Å². The molecule has 60 heavy (non-hydrogen) atoms. The molecule has 2 aliphatic rings. The van der Waals surface area contributed by atoms with E-state index in [9.17, 15) is 0 Å². The summed E-state index contributed by atoms with van der Waals surface area (Å²) in [6.07, 6.45) is 1.79. The molecule has 1 N–H and O–H groups in total. The minimum Gasteiger partial charge on any atom is -0.288 e. The second kappa shape index (κ2) is 13.9. The van der Waals surface area contributed by atoms with Crippen molar-refractivity contribution in [2.75, 3.05) is 0 Å². The number of rotatable bonds is 7. The summed E-state index contributed by atoms with van der Waals surface area (Å²) >= 11 is 0. The summed E-state index contributed by atoms with van der Waals surface area (Å²) in [5.41, 5.74) is 16.1. The third-order valence-electron chi connectivity index (χ3n) is 13.0. The molecule has 1 spiro atoms. The normalized spacial score (nSPS) is 15.4. The van der Waals surface area contributed by atoms with Gasteiger partial charge in [0.05, 0.1) is 5.41 Å². The molecule has 10 aromatic carbocycles. The van der Waals surface area contributed by atoms with Crippen LogP contribution in [0.1, 0.15) is 45.1 Å². The highest BCUT2D eigenvalue weighted by molar-refractivity contribution is 6.26. The fraction of sp³-hybridized carbons (Fsp3) is 0.0517. The van der Waals surface area contributed by atoms with E-state index in [1.807, 2.05) is 24.4 Å². The number of fused-ring (bicyclic) bond motifs is 16. The lowest BCUT2D eigenvalue weighted by atomic mass is 9.70. The summed E-state index contributed by atoms with van der Waals surface area (Å²) in [5.74, 6) is 0. The van der Waals surface area contributed by atoms with Crippen molar-refractivity contribution in [2.24, 2.45) is 4.99 Å². The minimum atomic E-state index is -0.465. The maximum absolute atomic E-state index is 5.01. The van der Waals surface area contributed by atoms with Crippen molar-refractivity contribution >= 4 is 38.5 Å². The first-order valence-corrected chi connectivity index (χ1v) is 20.9. The van der Waals surface area contributed by atoms with Gasteiger partial charge in [0.1, 0.15) is 6.17 Å². The average Bonchev–Trinajstić information content (AvgIpc) is 3.78. The van der Waals surface area contributed by atoms with Crippen molar-refractivity contribution in [1.82, 2.24) is 5.32 Å². The first-order chi connectivity index (χ1) is 29.8. The molecule has 0 saturated carbocycles. The Bertz CT molecular complexity index is 3330. The van der Waals surface area contributed by atoms with Gasteiger partial charge in [0.15, 0.2) is 0 Å². The largest absolute Gasteiger partial charge is 0.288 e. The number of nitrogens with one attached hydrogen (secondary N) is 1. The molecule has 0 fully saturated rings. The maximum Gasteiger partial charge on any atom is 0.125 e. The first kappa shape index (κ1) is 34.6. The molecular formula is C58H40N2. The Morgan fingerprint density at radius 3 is 1.63 bits per heavy atom. The Morgan fingerprint density at radius 1 is 0.400 bits per heavy atom. The summed E-state index contributed by atoms with van der Waals surface area (Å²) in [6, 6.07) is 78.2. The van der Waals surface area contributed by atoms with Crippen molar-refractivity contribution in [2.45, 2.75) is 18.1 Å². The van der Waals surface area contributed by atoms with Crippen molar-refractivity contribution in [3.05, 3.63) is 251 Å². The van der Waals surface area contributed by atoms with Crippen LogP contribution in [-0.2, 0) is 12.0 Å². The second-order valence-electron chi connectivity index (χ2n) is 16.2. The lowest BCUT2D eigenvalue weighted by Gasteiger charge is -2.31. The van der Waals surface area contributed by atoms with Gasteiger partial charge in [-0.15, -0.1) is 0 Å². The monoisotopic (exact) mass is 764 g/mol. The highest BCUT2D eigenvalue weighted by Crippen LogP contribution is 2.64. The Hall–Kier alpha value is -7.39. The first-order valence-electron chi connectivity index (χ1n) is 20.9. The van der Waals surface area contributed by atoms with Gasteiger partial charge >= 0.3 is 0 Å². The van der Waals surface area contributed by atoms with Gasteiger partial charge in [-0.25, -0.2) is 0 Å². The van der Waals surface area contributed by atoms with Crippen LogP contribution in [0.4, 0.5) is 0 Å². The van der Waals surface area contributed by atoms with E-state index in [4.69, 9.17) is 4.99 Å². The van der Waals surface area contributed by atoms with E-state index >= 15 is 0 Å². The summed E-state index contributed by atoms with van der Waals surface area (Å²) in [7, 11) is 0. The zero-order valence-electron chi connectivity index (χ0n) is 33.0. The van der Waals surface area contributed by atoms with E-state index in [1.165, 1.54) is 93.5 Å². The Kier molecular flexibility index (Phi) is 8.01. The Balaban J connectivity index is 1.00. The fourth-order valence-electron chi connectivity index (χ4n) is 10.4. The van der Waals surface area contributed by atoms with Crippen LogP contribution in [0.2, 0.25) is 0 Å². The van der Waals surface area contributed by atoms with Crippen LogP contribution in [0.15, 0.2) is 217 Å². The molecule has 2 atom stereocenters. The Morgan fingerprint density at radius 2 is 0.933 bits per heavy atom. The van der Waals surface area contributed by atoms with Crippen LogP contribution in [-0.4, -0.2) is 6.21 Å². The average molecular weight is 765 g/mol. The minimum absolute atomic E-state index is 0.179. The second-order valence-corrected chi connectivity index (χ2v) is 16.2. The van der Waals surface area contributed by atoms with Gasteiger partial charge in [0, 0.05) is 12.8 Å².